The molecule has 0 bridgehead atoms. The Morgan fingerprint density at radius 2 is 2.10 bits per heavy atom. The van der Waals surface area contributed by atoms with Crippen molar-refractivity contribution in [2.24, 2.45) is 0 Å². The van der Waals surface area contributed by atoms with E-state index in [4.69, 9.17) is 10.00 Å². The van der Waals surface area contributed by atoms with Crippen LogP contribution in [0, 0.1) is 11.3 Å². The van der Waals surface area contributed by atoms with Gasteiger partial charge in [0.2, 0.25) is 0 Å². The van der Waals surface area contributed by atoms with Gasteiger partial charge in [-0.3, -0.25) is 9.59 Å². The van der Waals surface area contributed by atoms with E-state index in [2.05, 4.69) is 4.98 Å². The molecule has 0 fully saturated rings. The standard InChI is InChI=1S/C15H19N3O3/c1-5-21-13(19)10-18(15(2,3)4)14(20)11-6-7-17-12(8-11)9-16/h6-8H,5,10H2,1-4H3. The average Bonchev–Trinajstić information content (AvgIpc) is 2.43. The lowest BCUT2D eigenvalue weighted by atomic mass is 10.0. The predicted molar refractivity (Wildman–Crippen MR) is 76.4 cm³/mol. The number of carbonyl (C=O) groups is 2. The first-order chi connectivity index (χ1) is 9.79. The van der Waals surface area contributed by atoms with Gasteiger partial charge in [0, 0.05) is 17.3 Å². The van der Waals surface area contributed by atoms with Gasteiger partial charge in [-0.25, -0.2) is 4.98 Å². The number of amides is 1. The molecule has 21 heavy (non-hydrogen) atoms. The first-order valence-corrected chi connectivity index (χ1v) is 6.63. The molecule has 0 spiro atoms. The number of esters is 1. The number of pyridine rings is 1. The molecule has 0 unspecified atom stereocenters. The topological polar surface area (TPSA) is 83.3 Å². The molecule has 6 heteroatoms. The fourth-order valence-electron chi connectivity index (χ4n) is 1.73. The number of aromatic nitrogens is 1. The Morgan fingerprint density at radius 3 is 2.62 bits per heavy atom. The second kappa shape index (κ2) is 6.84. The number of rotatable bonds is 4. The summed E-state index contributed by atoms with van der Waals surface area (Å²) in [6.07, 6.45) is 1.40. The SMILES string of the molecule is CCOC(=O)CN(C(=O)c1ccnc(C#N)c1)C(C)(C)C. The first kappa shape index (κ1) is 16.6. The summed E-state index contributed by atoms with van der Waals surface area (Å²) >= 11 is 0. The molecule has 0 saturated carbocycles. The normalized spacial score (nSPS) is 10.6. The second-order valence-electron chi connectivity index (χ2n) is 5.41. The minimum absolute atomic E-state index is 0.139. The van der Waals surface area contributed by atoms with E-state index in [1.807, 2.05) is 26.8 Å². The molecule has 0 N–H and O–H groups in total. The summed E-state index contributed by atoms with van der Waals surface area (Å²) in [5.74, 6) is -0.801. The quantitative estimate of drug-likeness (QED) is 0.789. The zero-order chi connectivity index (χ0) is 16.0. The third-order valence-electron chi connectivity index (χ3n) is 2.77. The van der Waals surface area contributed by atoms with Gasteiger partial charge in [0.25, 0.3) is 5.91 Å². The molecule has 1 amide bonds. The van der Waals surface area contributed by atoms with Crippen LogP contribution in [-0.4, -0.2) is 40.5 Å². The Hall–Kier alpha value is -2.42. The summed E-state index contributed by atoms with van der Waals surface area (Å²) in [5, 5.41) is 8.85. The number of hydrogen-bond acceptors (Lipinski definition) is 5. The highest BCUT2D eigenvalue weighted by Crippen LogP contribution is 2.17. The molecule has 112 valence electrons. The van der Waals surface area contributed by atoms with Gasteiger partial charge in [0.1, 0.15) is 18.3 Å². The molecule has 6 nitrogen and oxygen atoms in total. The lowest BCUT2D eigenvalue weighted by Crippen LogP contribution is -2.48. The smallest absolute Gasteiger partial charge is 0.325 e. The van der Waals surface area contributed by atoms with Gasteiger partial charge >= 0.3 is 5.97 Å². The van der Waals surface area contributed by atoms with Crippen molar-refractivity contribution in [3.05, 3.63) is 29.6 Å². The summed E-state index contributed by atoms with van der Waals surface area (Å²) in [5.41, 5.74) is -0.0773. The van der Waals surface area contributed by atoms with Gasteiger partial charge in [-0.15, -0.1) is 0 Å². The van der Waals surface area contributed by atoms with Crippen molar-refractivity contribution in [3.63, 3.8) is 0 Å². The Bertz CT molecular complexity index is 570. The first-order valence-electron chi connectivity index (χ1n) is 6.63. The van der Waals surface area contributed by atoms with Crippen molar-refractivity contribution in [1.29, 1.82) is 5.26 Å². The van der Waals surface area contributed by atoms with Crippen LogP contribution in [0.25, 0.3) is 0 Å². The van der Waals surface area contributed by atoms with E-state index < -0.39 is 11.5 Å². The molecular weight excluding hydrogens is 270 g/mol. The second-order valence-corrected chi connectivity index (χ2v) is 5.41. The van der Waals surface area contributed by atoms with Gasteiger partial charge in [-0.05, 0) is 39.8 Å². The van der Waals surface area contributed by atoms with Crippen molar-refractivity contribution in [3.8, 4) is 6.07 Å². The van der Waals surface area contributed by atoms with Gasteiger partial charge < -0.3 is 9.64 Å². The third-order valence-corrected chi connectivity index (χ3v) is 2.77. The Kier molecular flexibility index (Phi) is 5.42. The van der Waals surface area contributed by atoms with E-state index in [1.54, 1.807) is 6.92 Å². The molecule has 0 radical (unpaired) electrons. The van der Waals surface area contributed by atoms with Gasteiger partial charge in [-0.1, -0.05) is 0 Å². The average molecular weight is 289 g/mol. The van der Waals surface area contributed by atoms with Gasteiger partial charge in [-0.2, -0.15) is 5.26 Å². The molecule has 0 saturated heterocycles. The van der Waals surface area contributed by atoms with Crippen LogP contribution < -0.4 is 0 Å². The van der Waals surface area contributed by atoms with Crippen LogP contribution in [-0.2, 0) is 9.53 Å². The Morgan fingerprint density at radius 1 is 1.43 bits per heavy atom. The zero-order valence-corrected chi connectivity index (χ0v) is 12.7. The highest BCUT2D eigenvalue weighted by Gasteiger charge is 2.29. The lowest BCUT2D eigenvalue weighted by molar-refractivity contribution is -0.144. The van der Waals surface area contributed by atoms with E-state index in [9.17, 15) is 9.59 Å². The summed E-state index contributed by atoms with van der Waals surface area (Å²) in [7, 11) is 0. The van der Waals surface area contributed by atoms with Crippen LogP contribution in [0.2, 0.25) is 0 Å². The van der Waals surface area contributed by atoms with Crippen LogP contribution >= 0.6 is 0 Å². The maximum absolute atomic E-state index is 12.6. The largest absolute Gasteiger partial charge is 0.465 e. The van der Waals surface area contributed by atoms with Gasteiger partial charge in [0.15, 0.2) is 0 Å². The van der Waals surface area contributed by atoms with Crippen LogP contribution in [0.5, 0.6) is 0 Å². The highest BCUT2D eigenvalue weighted by atomic mass is 16.5. The number of ether oxygens (including phenoxy) is 1. The van der Waals surface area contributed by atoms with E-state index in [-0.39, 0.29) is 24.8 Å². The fraction of sp³-hybridized carbons (Fsp3) is 0.467. The number of nitriles is 1. The Labute approximate surface area is 124 Å². The van der Waals surface area contributed by atoms with E-state index in [0.29, 0.717) is 5.56 Å². The van der Waals surface area contributed by atoms with Crippen LogP contribution in [0.4, 0.5) is 0 Å². The summed E-state index contributed by atoms with van der Waals surface area (Å²) < 4.78 is 4.90. The van der Waals surface area contributed by atoms with E-state index >= 15 is 0 Å². The summed E-state index contributed by atoms with van der Waals surface area (Å²) in [6, 6.07) is 4.82. The molecule has 1 heterocycles. The molecule has 0 aliphatic rings. The summed E-state index contributed by atoms with van der Waals surface area (Å²) in [4.78, 5) is 29.5. The molecule has 0 aliphatic carbocycles. The van der Waals surface area contributed by atoms with Gasteiger partial charge in [0.05, 0.1) is 6.61 Å². The number of nitrogens with zero attached hydrogens (tertiary/aromatic N) is 3. The lowest BCUT2D eigenvalue weighted by Gasteiger charge is -2.34. The molecule has 0 aromatic carbocycles. The zero-order valence-electron chi connectivity index (χ0n) is 12.7. The van der Waals surface area contributed by atoms with E-state index in [1.165, 1.54) is 23.2 Å². The minimum atomic E-state index is -0.556. The van der Waals surface area contributed by atoms with Crippen molar-refractivity contribution < 1.29 is 14.3 Å². The monoisotopic (exact) mass is 289 g/mol. The third kappa shape index (κ3) is 4.56. The van der Waals surface area contributed by atoms with Crippen LogP contribution in [0.15, 0.2) is 18.3 Å². The summed E-state index contributed by atoms with van der Waals surface area (Å²) in [6.45, 7) is 7.33. The minimum Gasteiger partial charge on any atom is -0.465 e. The number of carbonyl (C=O) groups excluding carboxylic acids is 2. The molecular formula is C15H19N3O3. The predicted octanol–water partition coefficient (Wildman–Crippen LogP) is 1.76. The van der Waals surface area contributed by atoms with Crippen molar-refractivity contribution >= 4 is 11.9 Å². The maximum Gasteiger partial charge on any atom is 0.325 e. The van der Waals surface area contributed by atoms with Crippen molar-refractivity contribution in [1.82, 2.24) is 9.88 Å². The van der Waals surface area contributed by atoms with Crippen molar-refractivity contribution in [2.45, 2.75) is 33.2 Å². The van der Waals surface area contributed by atoms with Crippen molar-refractivity contribution in [2.75, 3.05) is 13.2 Å². The molecule has 0 aliphatic heterocycles. The Balaban J connectivity index is 3.05. The van der Waals surface area contributed by atoms with Crippen LogP contribution in [0.3, 0.4) is 0 Å². The van der Waals surface area contributed by atoms with Crippen LogP contribution in [0.1, 0.15) is 43.7 Å². The maximum atomic E-state index is 12.6. The van der Waals surface area contributed by atoms with E-state index in [0.717, 1.165) is 0 Å². The molecule has 1 aromatic heterocycles. The molecule has 0 atom stereocenters. The highest BCUT2D eigenvalue weighted by molar-refractivity contribution is 5.96. The molecule has 1 rings (SSSR count). The fourth-order valence-corrected chi connectivity index (χ4v) is 1.73. The number of hydrogen-bond donors (Lipinski definition) is 0. The molecule has 1 aromatic rings.